The molecule has 4 radical (unpaired) electrons. The first kappa shape index (κ1) is 12.4. The van der Waals surface area contributed by atoms with E-state index < -0.39 is 23.0 Å². The van der Waals surface area contributed by atoms with Crippen LogP contribution in [0.4, 0.5) is 0 Å². The number of aromatic hydroxyl groups is 2. The van der Waals surface area contributed by atoms with E-state index in [-0.39, 0.29) is 11.3 Å². The van der Waals surface area contributed by atoms with Crippen molar-refractivity contribution in [3.63, 3.8) is 0 Å². The normalized spacial score (nSPS) is 16.3. The van der Waals surface area contributed by atoms with Gasteiger partial charge >= 0.3 is 5.97 Å². The van der Waals surface area contributed by atoms with Crippen LogP contribution < -0.4 is 5.73 Å². The van der Waals surface area contributed by atoms with E-state index in [1.165, 1.54) is 12.1 Å². The molecule has 80 valence electrons. The van der Waals surface area contributed by atoms with Gasteiger partial charge in [-0.3, -0.25) is 4.79 Å². The minimum Gasteiger partial charge on any atom is -0.504 e. The number of phenolic OH excluding ortho intramolecular Hbond substituents is 2. The highest BCUT2D eigenvalue weighted by Gasteiger charge is 2.34. The number of benzene rings is 1. The van der Waals surface area contributed by atoms with E-state index in [1.807, 2.05) is 0 Å². The van der Waals surface area contributed by atoms with Gasteiger partial charge in [-0.15, -0.1) is 0 Å². The van der Waals surface area contributed by atoms with Gasteiger partial charge in [0.1, 0.15) is 7.85 Å². The van der Waals surface area contributed by atoms with Gasteiger partial charge in [0.05, 0.1) is 13.3 Å². The molecule has 5 N–H and O–H groups in total. The molecule has 1 unspecified atom stereocenters. The van der Waals surface area contributed by atoms with E-state index in [0.29, 0.717) is 0 Å². The molecule has 0 saturated heterocycles. The summed E-state index contributed by atoms with van der Waals surface area (Å²) in [6.45, 7) is 0. The average molecular weight is 217 g/mol. The van der Waals surface area contributed by atoms with Gasteiger partial charge in [0, 0.05) is 0 Å². The minimum atomic E-state index is -2.15. The number of carboxylic acids is 1. The first-order valence-corrected chi connectivity index (χ1v) is 4.35. The van der Waals surface area contributed by atoms with Gasteiger partial charge in [0.15, 0.2) is 11.5 Å². The van der Waals surface area contributed by atoms with Crippen LogP contribution in [0.1, 0.15) is 11.4 Å². The predicted octanol–water partition coefficient (Wildman–Crippen LogP) is -0.785. The van der Waals surface area contributed by atoms with Gasteiger partial charge < -0.3 is 21.1 Å². The third-order valence-corrected chi connectivity index (χ3v) is 2.24. The number of carbonyl (C=O) groups is 1. The van der Waals surface area contributed by atoms with Crippen molar-refractivity contribution in [2.45, 2.75) is 11.3 Å². The zero-order chi connectivity index (χ0) is 12.5. The van der Waals surface area contributed by atoms with Gasteiger partial charge in [-0.2, -0.15) is 0 Å². The van der Waals surface area contributed by atoms with Crippen LogP contribution in [0.2, 0.25) is 0 Å². The molecule has 0 aliphatic carbocycles. The zero-order valence-corrected chi connectivity index (χ0v) is 8.29. The highest BCUT2D eigenvalue weighted by Crippen LogP contribution is 2.30. The van der Waals surface area contributed by atoms with Gasteiger partial charge in [0.2, 0.25) is 0 Å². The van der Waals surface area contributed by atoms with Crippen LogP contribution in [0.15, 0.2) is 18.2 Å². The fraction of sp³-hybridized carbons (Fsp3) is 0.222. The fourth-order valence-corrected chi connectivity index (χ4v) is 1.14. The molecule has 0 fully saturated rings. The second-order valence-corrected chi connectivity index (χ2v) is 3.46. The molecule has 0 amide bonds. The Morgan fingerprint density at radius 3 is 2.38 bits per heavy atom. The van der Waals surface area contributed by atoms with Crippen LogP contribution in [-0.2, 0) is 4.79 Å². The van der Waals surface area contributed by atoms with E-state index in [0.717, 1.165) is 6.07 Å². The molecular weight excluding hydrogens is 208 g/mol. The molecule has 0 spiro atoms. The van der Waals surface area contributed by atoms with E-state index in [9.17, 15) is 9.90 Å². The lowest BCUT2D eigenvalue weighted by Crippen LogP contribution is -2.53. The van der Waals surface area contributed by atoms with Crippen molar-refractivity contribution in [3.05, 3.63) is 23.8 Å². The molecule has 1 rings (SSSR count). The summed E-state index contributed by atoms with van der Waals surface area (Å²) in [6.07, 6.45) is 0. The van der Waals surface area contributed by atoms with Crippen LogP contribution in [0.25, 0.3) is 0 Å². The summed E-state index contributed by atoms with van der Waals surface area (Å²) in [7, 11) is 10.9. The van der Waals surface area contributed by atoms with Crippen LogP contribution >= 0.6 is 0 Å². The number of aliphatic carboxylic acids is 1. The molecule has 0 aromatic heterocycles. The Hall–Kier alpha value is -1.62. The lowest BCUT2D eigenvalue weighted by molar-refractivity contribution is -0.140. The lowest BCUT2D eigenvalue weighted by atomic mass is 9.58. The summed E-state index contributed by atoms with van der Waals surface area (Å²) < 4.78 is 0. The van der Waals surface area contributed by atoms with Crippen LogP contribution in [0.5, 0.6) is 11.5 Å². The van der Waals surface area contributed by atoms with Crippen molar-refractivity contribution < 1.29 is 20.1 Å². The molecule has 7 heteroatoms. The summed E-state index contributed by atoms with van der Waals surface area (Å²) in [4.78, 5) is 10.7. The first-order valence-electron chi connectivity index (χ1n) is 4.35. The molecule has 2 atom stereocenters. The smallest absolute Gasteiger partial charge is 0.313 e. The average Bonchev–Trinajstić information content (AvgIpc) is 2.20. The van der Waals surface area contributed by atoms with E-state index in [2.05, 4.69) is 0 Å². The summed E-state index contributed by atoms with van der Waals surface area (Å²) in [5.41, 5.74) is 3.39. The summed E-state index contributed by atoms with van der Waals surface area (Å²) in [6, 6.07) is 3.61. The topological polar surface area (TPSA) is 104 Å². The zero-order valence-electron chi connectivity index (χ0n) is 8.29. The summed E-state index contributed by atoms with van der Waals surface area (Å²) in [5.74, 6) is -3.44. The van der Waals surface area contributed by atoms with Gasteiger partial charge in [0.25, 0.3) is 0 Å². The maximum absolute atomic E-state index is 10.7. The van der Waals surface area contributed by atoms with Crippen molar-refractivity contribution in [1.82, 2.24) is 0 Å². The van der Waals surface area contributed by atoms with Crippen molar-refractivity contribution >= 4 is 21.7 Å². The molecule has 0 aliphatic rings. The van der Waals surface area contributed by atoms with Crippen LogP contribution in [0, 0.1) is 0 Å². The Morgan fingerprint density at radius 2 is 1.94 bits per heavy atom. The second kappa shape index (κ2) is 4.09. The molecule has 0 saturated carbocycles. The van der Waals surface area contributed by atoms with E-state index in [1.54, 1.807) is 0 Å². The number of nitrogens with two attached hydrogens (primary N) is 1. The second-order valence-electron chi connectivity index (χ2n) is 3.46. The monoisotopic (exact) mass is 217 g/mol. The SMILES string of the molecule is [B]C(c1ccc(O)c(O)c1)[C@]([B])(N)C(=O)O. The molecule has 0 heterocycles. The van der Waals surface area contributed by atoms with Crippen molar-refractivity contribution in [2.24, 2.45) is 5.73 Å². The van der Waals surface area contributed by atoms with Crippen molar-refractivity contribution in [1.29, 1.82) is 0 Å². The number of hydrogen-bond acceptors (Lipinski definition) is 4. The Kier molecular flexibility index (Phi) is 3.19. The predicted molar refractivity (Wildman–Crippen MR) is 58.6 cm³/mol. The van der Waals surface area contributed by atoms with E-state index >= 15 is 0 Å². The van der Waals surface area contributed by atoms with Gasteiger partial charge in [-0.05, 0) is 23.5 Å². The summed E-state index contributed by atoms with van der Waals surface area (Å²) >= 11 is 0. The van der Waals surface area contributed by atoms with Gasteiger partial charge in [-0.25, -0.2) is 0 Å². The molecule has 0 aliphatic heterocycles. The molecule has 0 bridgehead atoms. The highest BCUT2D eigenvalue weighted by molar-refractivity contribution is 6.33. The Morgan fingerprint density at radius 1 is 1.38 bits per heavy atom. The standard InChI is InChI=1S/C9H9B2NO4/c10-7(9(11,12)8(15)16)4-1-2-5(13)6(14)3-4/h1-3,7,13-14H,12H2,(H,15,16)/t7?,9-/m0/s1. The highest BCUT2D eigenvalue weighted by atomic mass is 16.4. The molecule has 1 aromatic carbocycles. The Labute approximate surface area is 94.7 Å². The number of phenols is 2. The third-order valence-electron chi connectivity index (χ3n) is 2.24. The Balaban J connectivity index is 3.10. The number of carboxylic acid groups (broad SMARTS) is 1. The first-order chi connectivity index (χ1) is 7.26. The lowest BCUT2D eigenvalue weighted by Gasteiger charge is -2.28. The maximum Gasteiger partial charge on any atom is 0.313 e. The fourth-order valence-electron chi connectivity index (χ4n) is 1.14. The van der Waals surface area contributed by atoms with Crippen molar-refractivity contribution in [2.75, 3.05) is 0 Å². The van der Waals surface area contributed by atoms with E-state index in [4.69, 9.17) is 31.6 Å². The Bertz CT molecular complexity index is 422. The number of hydrogen-bond donors (Lipinski definition) is 4. The quantitative estimate of drug-likeness (QED) is 0.392. The minimum absolute atomic E-state index is 0.211. The van der Waals surface area contributed by atoms with Crippen molar-refractivity contribution in [3.8, 4) is 11.5 Å². The maximum atomic E-state index is 10.7. The van der Waals surface area contributed by atoms with Crippen LogP contribution in [-0.4, -0.2) is 42.4 Å². The number of rotatable bonds is 3. The largest absolute Gasteiger partial charge is 0.504 e. The molecular formula is C9H9B2NO4. The van der Waals surface area contributed by atoms with Crippen LogP contribution in [0.3, 0.4) is 0 Å². The third kappa shape index (κ3) is 2.14. The molecule has 5 nitrogen and oxygen atoms in total. The van der Waals surface area contributed by atoms with Gasteiger partial charge in [-0.1, -0.05) is 6.07 Å². The molecule has 16 heavy (non-hydrogen) atoms. The summed E-state index contributed by atoms with van der Waals surface area (Å²) in [5, 5.41) is 27.0. The molecule has 1 aromatic rings.